The molecule has 122 valence electrons. The summed E-state index contributed by atoms with van der Waals surface area (Å²) in [4.78, 5) is 3.34. The number of rotatable bonds is 4. The van der Waals surface area contributed by atoms with Crippen LogP contribution >= 0.6 is 0 Å². The summed E-state index contributed by atoms with van der Waals surface area (Å²) in [5, 5.41) is 1.25. The van der Waals surface area contributed by atoms with Crippen molar-refractivity contribution in [2.75, 3.05) is 7.05 Å². The van der Waals surface area contributed by atoms with Crippen molar-refractivity contribution in [1.82, 2.24) is 4.98 Å². The number of hydrogen-bond donors (Lipinski definition) is 1. The Labute approximate surface area is 148 Å². The summed E-state index contributed by atoms with van der Waals surface area (Å²) in [5.41, 5.74) is 6.27. The second-order valence-corrected chi connectivity index (χ2v) is 6.24. The van der Waals surface area contributed by atoms with Gasteiger partial charge in [-0.25, -0.2) is 4.58 Å². The van der Waals surface area contributed by atoms with E-state index >= 15 is 0 Å². The Morgan fingerprint density at radius 1 is 0.840 bits per heavy atom. The van der Waals surface area contributed by atoms with Gasteiger partial charge in [0.25, 0.3) is 0 Å². The third-order valence-corrected chi connectivity index (χ3v) is 4.63. The summed E-state index contributed by atoms with van der Waals surface area (Å²) >= 11 is 0. The molecule has 25 heavy (non-hydrogen) atoms. The summed E-state index contributed by atoms with van der Waals surface area (Å²) < 4.78 is 2.21. The SMILES string of the molecule is C[N+](=CCc1ccccc1-c1ccccc1)c1c[nH]c2ccccc12. The van der Waals surface area contributed by atoms with Crippen molar-refractivity contribution in [1.29, 1.82) is 0 Å². The molecule has 2 nitrogen and oxygen atoms in total. The van der Waals surface area contributed by atoms with Gasteiger partial charge in [-0.2, -0.15) is 0 Å². The van der Waals surface area contributed by atoms with Crippen molar-refractivity contribution < 1.29 is 4.58 Å². The zero-order valence-corrected chi connectivity index (χ0v) is 14.3. The second kappa shape index (κ2) is 6.78. The minimum absolute atomic E-state index is 0.890. The highest BCUT2D eigenvalue weighted by Crippen LogP contribution is 2.25. The molecule has 0 aliphatic heterocycles. The van der Waals surface area contributed by atoms with E-state index in [2.05, 4.69) is 108 Å². The predicted octanol–water partition coefficient (Wildman–Crippen LogP) is 5.42. The minimum Gasteiger partial charge on any atom is -0.355 e. The molecular formula is C23H21N2+. The van der Waals surface area contributed by atoms with Gasteiger partial charge in [-0.05, 0) is 28.8 Å². The summed E-state index contributed by atoms with van der Waals surface area (Å²) in [7, 11) is 2.11. The molecule has 0 saturated heterocycles. The average Bonchev–Trinajstić information content (AvgIpc) is 3.11. The molecular weight excluding hydrogens is 304 g/mol. The maximum atomic E-state index is 3.34. The normalized spacial score (nSPS) is 11.8. The van der Waals surface area contributed by atoms with Gasteiger partial charge in [-0.3, -0.25) is 0 Å². The summed E-state index contributed by atoms with van der Waals surface area (Å²) in [6.45, 7) is 0. The first-order chi connectivity index (χ1) is 12.3. The molecule has 0 aliphatic rings. The Bertz CT molecular complexity index is 1030. The van der Waals surface area contributed by atoms with Crippen LogP contribution in [0.3, 0.4) is 0 Å². The Morgan fingerprint density at radius 2 is 1.56 bits per heavy atom. The van der Waals surface area contributed by atoms with Crippen LogP contribution in [0.1, 0.15) is 5.56 Å². The number of aromatic amines is 1. The number of benzene rings is 3. The molecule has 0 amide bonds. The van der Waals surface area contributed by atoms with Crippen LogP contribution < -0.4 is 0 Å². The zero-order valence-electron chi connectivity index (χ0n) is 14.3. The van der Waals surface area contributed by atoms with Crippen molar-refractivity contribution in [2.45, 2.75) is 6.42 Å². The van der Waals surface area contributed by atoms with E-state index in [1.807, 2.05) is 0 Å². The van der Waals surface area contributed by atoms with E-state index in [4.69, 9.17) is 0 Å². The van der Waals surface area contributed by atoms with Gasteiger partial charge in [-0.15, -0.1) is 0 Å². The molecule has 1 aromatic heterocycles. The average molecular weight is 325 g/mol. The van der Waals surface area contributed by atoms with Crippen LogP contribution in [-0.2, 0) is 6.42 Å². The molecule has 1 heterocycles. The fourth-order valence-corrected chi connectivity index (χ4v) is 3.28. The van der Waals surface area contributed by atoms with Gasteiger partial charge in [0.05, 0.1) is 23.5 Å². The van der Waals surface area contributed by atoms with Gasteiger partial charge in [0.1, 0.15) is 13.3 Å². The topological polar surface area (TPSA) is 18.8 Å². The van der Waals surface area contributed by atoms with Crippen molar-refractivity contribution in [3.05, 3.63) is 90.6 Å². The molecule has 0 atom stereocenters. The first-order valence-corrected chi connectivity index (χ1v) is 8.58. The summed E-state index contributed by atoms with van der Waals surface area (Å²) in [6, 6.07) is 27.6. The van der Waals surface area contributed by atoms with E-state index in [9.17, 15) is 0 Å². The van der Waals surface area contributed by atoms with Crippen molar-refractivity contribution in [3.63, 3.8) is 0 Å². The molecule has 4 rings (SSSR count). The highest BCUT2D eigenvalue weighted by molar-refractivity contribution is 5.89. The number of hydrogen-bond acceptors (Lipinski definition) is 0. The Hall–Kier alpha value is -3.13. The quantitative estimate of drug-likeness (QED) is 0.381. The highest BCUT2D eigenvalue weighted by atomic mass is 15.0. The van der Waals surface area contributed by atoms with Crippen molar-refractivity contribution in [2.24, 2.45) is 0 Å². The maximum absolute atomic E-state index is 3.34. The number of fused-ring (bicyclic) bond motifs is 1. The Morgan fingerprint density at radius 3 is 2.44 bits per heavy atom. The smallest absolute Gasteiger partial charge is 0.230 e. The minimum atomic E-state index is 0.890. The van der Waals surface area contributed by atoms with E-state index in [0.29, 0.717) is 0 Å². The molecule has 0 fully saturated rings. The molecule has 0 saturated carbocycles. The number of H-pyrrole nitrogens is 1. The molecule has 0 radical (unpaired) electrons. The van der Waals surface area contributed by atoms with E-state index in [-0.39, 0.29) is 0 Å². The molecule has 0 bridgehead atoms. The van der Waals surface area contributed by atoms with Crippen LogP contribution in [0.4, 0.5) is 5.69 Å². The summed E-state index contributed by atoms with van der Waals surface area (Å²) in [6.07, 6.45) is 5.21. The monoisotopic (exact) mass is 325 g/mol. The fraction of sp³-hybridized carbons (Fsp3) is 0.0870. The molecule has 0 spiro atoms. The molecule has 1 N–H and O–H groups in total. The first kappa shape index (κ1) is 15.4. The standard InChI is InChI=1S/C23H21N2/c1-25(23-17-24-22-14-8-7-13-21(22)23)16-15-19-11-5-6-12-20(19)18-9-3-2-4-10-18/h2-14,16-17,24H,15H2,1H3/q+1. The van der Waals surface area contributed by atoms with Crippen molar-refractivity contribution >= 4 is 22.8 Å². The third-order valence-electron chi connectivity index (χ3n) is 4.63. The maximum Gasteiger partial charge on any atom is 0.230 e. The lowest BCUT2D eigenvalue weighted by molar-refractivity contribution is -0.398. The number of aromatic nitrogens is 1. The lowest BCUT2D eigenvalue weighted by atomic mass is 9.98. The van der Waals surface area contributed by atoms with Crippen LogP contribution in [-0.4, -0.2) is 22.8 Å². The van der Waals surface area contributed by atoms with Crippen LogP contribution in [0, 0.1) is 0 Å². The van der Waals surface area contributed by atoms with E-state index in [1.54, 1.807) is 0 Å². The Kier molecular flexibility index (Phi) is 4.17. The number of para-hydroxylation sites is 1. The zero-order chi connectivity index (χ0) is 17.1. The van der Waals surface area contributed by atoms with Gasteiger partial charge in [0.2, 0.25) is 5.69 Å². The molecule has 0 aliphatic carbocycles. The van der Waals surface area contributed by atoms with Gasteiger partial charge < -0.3 is 4.98 Å². The Balaban J connectivity index is 1.66. The highest BCUT2D eigenvalue weighted by Gasteiger charge is 2.11. The number of nitrogens with one attached hydrogen (secondary N) is 1. The van der Waals surface area contributed by atoms with Gasteiger partial charge in [0, 0.05) is 0 Å². The number of nitrogens with zero attached hydrogens (tertiary/aromatic N) is 1. The van der Waals surface area contributed by atoms with Gasteiger partial charge >= 0.3 is 0 Å². The first-order valence-electron chi connectivity index (χ1n) is 8.58. The third kappa shape index (κ3) is 3.11. The van der Waals surface area contributed by atoms with E-state index in [1.165, 1.54) is 33.3 Å². The second-order valence-electron chi connectivity index (χ2n) is 6.24. The van der Waals surface area contributed by atoms with Crippen LogP contribution in [0.5, 0.6) is 0 Å². The molecule has 0 unspecified atom stereocenters. The molecule has 4 aromatic rings. The van der Waals surface area contributed by atoms with Gasteiger partial charge in [0.15, 0.2) is 0 Å². The fourth-order valence-electron chi connectivity index (χ4n) is 3.28. The predicted molar refractivity (Wildman–Crippen MR) is 106 cm³/mol. The van der Waals surface area contributed by atoms with E-state index < -0.39 is 0 Å². The van der Waals surface area contributed by atoms with Crippen LogP contribution in [0.25, 0.3) is 22.0 Å². The van der Waals surface area contributed by atoms with Crippen LogP contribution in [0.15, 0.2) is 85.1 Å². The van der Waals surface area contributed by atoms with Crippen molar-refractivity contribution in [3.8, 4) is 11.1 Å². The molecule has 3 aromatic carbocycles. The lowest BCUT2D eigenvalue weighted by Gasteiger charge is -2.07. The van der Waals surface area contributed by atoms with E-state index in [0.717, 1.165) is 6.42 Å². The molecule has 2 heteroatoms. The van der Waals surface area contributed by atoms with Crippen LogP contribution in [0.2, 0.25) is 0 Å². The largest absolute Gasteiger partial charge is 0.355 e. The summed E-state index contributed by atoms with van der Waals surface area (Å²) in [5.74, 6) is 0. The van der Waals surface area contributed by atoms with Gasteiger partial charge in [-0.1, -0.05) is 66.7 Å². The lowest BCUT2D eigenvalue weighted by Crippen LogP contribution is -2.02.